The van der Waals surface area contributed by atoms with Crippen molar-refractivity contribution in [3.05, 3.63) is 142 Å². The van der Waals surface area contributed by atoms with Crippen LogP contribution in [0.15, 0.2) is 103 Å². The standard InChI is InChI=1S/C52H52N4O/c1-30(2)40-26-32(5)27-41(31(3)4)46(40)55-25-24-53-49(55)35-15-12-17-36(28-35)57-37-20-21-39-42(29-37)50-54-45-38-18-11-10-14-34(38)16-13-23-52(9)48(45)56(50)47-43(51(52,7)8)22-19-33(6)44(39)47/h10-12,14-15,17-22,24-31H,13,16,23H2,1-9H3/i6D3. The van der Waals surface area contributed by atoms with Crippen molar-refractivity contribution in [2.24, 2.45) is 0 Å². The first kappa shape index (κ1) is 32.4. The lowest BCUT2D eigenvalue weighted by molar-refractivity contribution is 0.239. The fourth-order valence-corrected chi connectivity index (χ4v) is 10.3. The molecule has 3 aromatic heterocycles. The summed E-state index contributed by atoms with van der Waals surface area (Å²) in [6, 6.07) is 31.4. The van der Waals surface area contributed by atoms with Gasteiger partial charge in [0.25, 0.3) is 0 Å². The molecule has 8 aromatic rings. The zero-order valence-electron chi connectivity index (χ0n) is 37.3. The lowest BCUT2D eigenvalue weighted by Crippen LogP contribution is -2.47. The van der Waals surface area contributed by atoms with E-state index in [0.29, 0.717) is 28.9 Å². The number of aryl methyl sites for hydroxylation is 3. The lowest BCUT2D eigenvalue weighted by atomic mass is 9.56. The summed E-state index contributed by atoms with van der Waals surface area (Å²) in [5.41, 5.74) is 13.3. The van der Waals surface area contributed by atoms with Gasteiger partial charge in [-0.25, -0.2) is 9.97 Å². The minimum atomic E-state index is -2.32. The highest BCUT2D eigenvalue weighted by atomic mass is 16.5. The molecule has 57 heavy (non-hydrogen) atoms. The Kier molecular flexibility index (Phi) is 7.20. The molecule has 10 rings (SSSR count). The molecule has 0 amide bonds. The van der Waals surface area contributed by atoms with Crippen LogP contribution in [0.5, 0.6) is 11.5 Å². The van der Waals surface area contributed by atoms with E-state index in [-0.39, 0.29) is 10.8 Å². The Morgan fingerprint density at radius 3 is 2.37 bits per heavy atom. The van der Waals surface area contributed by atoms with Crippen molar-refractivity contribution in [1.29, 1.82) is 0 Å². The van der Waals surface area contributed by atoms with Crippen LogP contribution < -0.4 is 4.74 Å². The van der Waals surface area contributed by atoms with Gasteiger partial charge in [-0.05, 0) is 108 Å². The maximum Gasteiger partial charge on any atom is 0.146 e. The van der Waals surface area contributed by atoms with Gasteiger partial charge >= 0.3 is 0 Å². The van der Waals surface area contributed by atoms with Crippen molar-refractivity contribution in [1.82, 2.24) is 18.9 Å². The predicted molar refractivity (Wildman–Crippen MR) is 236 cm³/mol. The summed E-state index contributed by atoms with van der Waals surface area (Å²) in [7, 11) is 0. The number of nitrogens with zero attached hydrogens (tertiary/aromatic N) is 4. The van der Waals surface area contributed by atoms with Crippen LogP contribution in [0.4, 0.5) is 0 Å². The Balaban J connectivity index is 1.17. The highest BCUT2D eigenvalue weighted by molar-refractivity contribution is 6.15. The third kappa shape index (κ3) is 5.13. The first-order valence-corrected chi connectivity index (χ1v) is 20.6. The quantitative estimate of drug-likeness (QED) is 0.159. The highest BCUT2D eigenvalue weighted by Gasteiger charge is 2.51. The van der Waals surface area contributed by atoms with E-state index in [1.807, 2.05) is 36.5 Å². The summed E-state index contributed by atoms with van der Waals surface area (Å²) < 4.78 is 37.6. The van der Waals surface area contributed by atoms with E-state index in [4.69, 9.17) is 18.8 Å². The summed E-state index contributed by atoms with van der Waals surface area (Å²) in [6.07, 6.45) is 6.95. The van der Waals surface area contributed by atoms with Crippen molar-refractivity contribution < 1.29 is 8.85 Å². The van der Waals surface area contributed by atoms with Crippen LogP contribution in [0, 0.1) is 13.8 Å². The van der Waals surface area contributed by atoms with Crippen LogP contribution in [0.3, 0.4) is 0 Å². The van der Waals surface area contributed by atoms with Crippen LogP contribution in [0.2, 0.25) is 0 Å². The summed E-state index contributed by atoms with van der Waals surface area (Å²) in [5, 5.41) is 2.49. The zero-order valence-corrected chi connectivity index (χ0v) is 34.3. The molecule has 1 atom stereocenters. The van der Waals surface area contributed by atoms with Crippen molar-refractivity contribution in [2.75, 3.05) is 0 Å². The van der Waals surface area contributed by atoms with E-state index in [9.17, 15) is 0 Å². The second-order valence-corrected chi connectivity index (χ2v) is 17.9. The Hall–Kier alpha value is -5.68. The Bertz CT molecular complexity index is 3030. The molecule has 1 aliphatic carbocycles. The monoisotopic (exact) mass is 751 g/mol. The zero-order chi connectivity index (χ0) is 42.0. The van der Waals surface area contributed by atoms with E-state index in [1.54, 1.807) is 0 Å². The minimum Gasteiger partial charge on any atom is -0.457 e. The highest BCUT2D eigenvalue weighted by Crippen LogP contribution is 2.57. The smallest absolute Gasteiger partial charge is 0.146 e. The number of pyridine rings is 1. The SMILES string of the molecule is [2H]C([2H])([2H])c1ccc2c3c1c1ccc(Oc4cccc(-c5nccn5-c5c(C(C)C)cc(C)cc5C(C)C)c4)cc1c1nc4c(n13)C(C)(CCCc1ccccc1-4)C2(C)C. The molecule has 0 radical (unpaired) electrons. The largest absolute Gasteiger partial charge is 0.457 e. The van der Waals surface area contributed by atoms with Gasteiger partial charge in [0.05, 0.1) is 22.6 Å². The first-order valence-electron chi connectivity index (χ1n) is 22.1. The molecule has 1 aliphatic heterocycles. The van der Waals surface area contributed by atoms with Crippen molar-refractivity contribution in [3.8, 4) is 39.8 Å². The van der Waals surface area contributed by atoms with E-state index < -0.39 is 6.85 Å². The molecule has 0 bridgehead atoms. The molecule has 0 fully saturated rings. The number of ether oxygens (including phenoxy) is 1. The van der Waals surface area contributed by atoms with Crippen LogP contribution in [-0.2, 0) is 17.3 Å². The van der Waals surface area contributed by atoms with Crippen molar-refractivity contribution >= 4 is 27.3 Å². The summed E-state index contributed by atoms with van der Waals surface area (Å²) in [5.74, 6) is 2.85. The number of rotatable bonds is 6. The molecule has 1 unspecified atom stereocenters. The van der Waals surface area contributed by atoms with E-state index in [2.05, 4.69) is 131 Å². The van der Waals surface area contributed by atoms with Gasteiger partial charge in [0.1, 0.15) is 23.0 Å². The molecule has 4 heterocycles. The average Bonchev–Trinajstić information content (AvgIpc) is 3.85. The fraction of sp³-hybridized carbons (Fsp3) is 0.308. The number of aromatic nitrogens is 4. The second-order valence-electron chi connectivity index (χ2n) is 17.9. The molecule has 5 aromatic carbocycles. The third-order valence-corrected chi connectivity index (χ3v) is 13.5. The van der Waals surface area contributed by atoms with E-state index in [1.165, 1.54) is 33.6 Å². The maximum atomic E-state index is 8.76. The summed E-state index contributed by atoms with van der Waals surface area (Å²) in [6.45, 7) is 15.9. The van der Waals surface area contributed by atoms with Crippen LogP contribution >= 0.6 is 0 Å². The van der Waals surface area contributed by atoms with Gasteiger partial charge < -0.3 is 4.74 Å². The van der Waals surface area contributed by atoms with Crippen LogP contribution in [-0.4, -0.2) is 18.9 Å². The predicted octanol–water partition coefficient (Wildman–Crippen LogP) is 13.7. The molecule has 286 valence electrons. The van der Waals surface area contributed by atoms with Crippen molar-refractivity contribution in [2.45, 2.75) is 104 Å². The van der Waals surface area contributed by atoms with Crippen molar-refractivity contribution in [3.63, 3.8) is 0 Å². The topological polar surface area (TPSA) is 44.3 Å². The molecular formula is C52H52N4O. The molecule has 2 aliphatic rings. The van der Waals surface area contributed by atoms with Gasteiger partial charge in [-0.15, -0.1) is 0 Å². The first-order chi connectivity index (χ1) is 28.6. The molecule has 0 N–H and O–H groups in total. The van der Waals surface area contributed by atoms with Gasteiger partial charge in [0.2, 0.25) is 0 Å². The number of hydrogen-bond acceptors (Lipinski definition) is 3. The Morgan fingerprint density at radius 2 is 1.60 bits per heavy atom. The van der Waals surface area contributed by atoms with Gasteiger partial charge in [-0.2, -0.15) is 0 Å². The number of fused-ring (bicyclic) bond motifs is 5. The van der Waals surface area contributed by atoms with Gasteiger partial charge in [-0.1, -0.05) is 115 Å². The van der Waals surface area contributed by atoms with Crippen LogP contribution in [0.25, 0.3) is 55.7 Å². The normalized spacial score (nSPS) is 18.2. The van der Waals surface area contributed by atoms with E-state index >= 15 is 0 Å². The summed E-state index contributed by atoms with van der Waals surface area (Å²) in [4.78, 5) is 10.5. The lowest BCUT2D eigenvalue weighted by Gasteiger charge is -2.49. The molecule has 5 nitrogen and oxygen atoms in total. The molecule has 0 spiro atoms. The number of benzene rings is 5. The number of hydrogen-bond donors (Lipinski definition) is 0. The Labute approximate surface area is 340 Å². The van der Waals surface area contributed by atoms with Crippen LogP contribution in [0.1, 0.15) is 116 Å². The molecule has 5 heteroatoms. The van der Waals surface area contributed by atoms with E-state index in [0.717, 1.165) is 74.8 Å². The Morgan fingerprint density at radius 1 is 0.825 bits per heavy atom. The molecular weight excluding hydrogens is 697 g/mol. The molecule has 0 saturated heterocycles. The average molecular weight is 752 g/mol. The third-order valence-electron chi connectivity index (χ3n) is 13.5. The summed E-state index contributed by atoms with van der Waals surface area (Å²) >= 11 is 0. The fourth-order valence-electron chi connectivity index (χ4n) is 10.3. The molecule has 0 saturated carbocycles. The van der Waals surface area contributed by atoms with Gasteiger partial charge in [0, 0.05) is 49.2 Å². The van der Waals surface area contributed by atoms with Gasteiger partial charge in [-0.3, -0.25) is 8.97 Å². The minimum absolute atomic E-state index is 0.269. The second kappa shape index (κ2) is 12.7. The van der Waals surface area contributed by atoms with Gasteiger partial charge in [0.15, 0.2) is 0 Å². The maximum absolute atomic E-state index is 8.76. The number of imidazole rings is 2.